The molecule has 1 saturated heterocycles. The number of nitrogens with zero attached hydrogens (tertiary/aromatic N) is 1. The monoisotopic (exact) mass is 390 g/mol. The van der Waals surface area contributed by atoms with Crippen LogP contribution in [0.5, 0.6) is 5.75 Å². The molecule has 0 spiro atoms. The molecule has 1 aromatic heterocycles. The van der Waals surface area contributed by atoms with Gasteiger partial charge in [0.05, 0.1) is 17.7 Å². The van der Waals surface area contributed by atoms with Crippen molar-refractivity contribution in [1.29, 1.82) is 0 Å². The molecule has 0 saturated carbocycles. The third-order valence-corrected chi connectivity index (χ3v) is 6.09. The Morgan fingerprint density at radius 3 is 2.73 bits per heavy atom. The highest BCUT2D eigenvalue weighted by Crippen LogP contribution is 2.40. The van der Waals surface area contributed by atoms with Gasteiger partial charge >= 0.3 is 0 Å². The molecule has 0 aliphatic carbocycles. The van der Waals surface area contributed by atoms with E-state index in [0.717, 1.165) is 41.7 Å². The predicted octanol–water partition coefficient (Wildman–Crippen LogP) is 2.80. The summed E-state index contributed by atoms with van der Waals surface area (Å²) in [6.07, 6.45) is 2.89. The molecule has 0 radical (unpaired) electrons. The number of halogens is 1. The number of aryl methyl sites for hydroxylation is 1. The van der Waals surface area contributed by atoms with Gasteiger partial charge in [0.1, 0.15) is 4.88 Å². The smallest absolute Gasteiger partial charge is 0.267 e. The highest BCUT2D eigenvalue weighted by molar-refractivity contribution is 9.10. The zero-order valence-corrected chi connectivity index (χ0v) is 15.5. The first-order valence-corrected chi connectivity index (χ1v) is 9.13. The van der Waals surface area contributed by atoms with Crippen molar-refractivity contribution in [1.82, 2.24) is 4.90 Å². The maximum Gasteiger partial charge on any atom is 0.267 e. The van der Waals surface area contributed by atoms with Crippen LogP contribution in [0.15, 0.2) is 4.47 Å². The minimum Gasteiger partial charge on any atom is -0.494 e. The molecule has 7 heteroatoms. The lowest BCUT2D eigenvalue weighted by atomic mass is 10.1. The summed E-state index contributed by atoms with van der Waals surface area (Å²) < 4.78 is 12.0. The molecule has 5 nitrogen and oxygen atoms in total. The summed E-state index contributed by atoms with van der Waals surface area (Å²) in [6.45, 7) is 4.79. The quantitative estimate of drug-likeness (QED) is 0.758. The van der Waals surface area contributed by atoms with Crippen LogP contribution >= 0.6 is 27.3 Å². The molecule has 2 rings (SSSR count). The third-order valence-electron chi connectivity index (χ3n) is 3.80. The van der Waals surface area contributed by atoms with E-state index in [4.69, 9.17) is 15.2 Å². The van der Waals surface area contributed by atoms with Crippen LogP contribution in [0, 0.1) is 6.92 Å². The first-order chi connectivity index (χ1) is 10.6. The summed E-state index contributed by atoms with van der Waals surface area (Å²) in [5.74, 6) is 0.699. The lowest BCUT2D eigenvalue weighted by Crippen LogP contribution is -2.40. The van der Waals surface area contributed by atoms with Gasteiger partial charge in [0.25, 0.3) is 5.91 Å². The van der Waals surface area contributed by atoms with Gasteiger partial charge in [-0.15, -0.1) is 11.3 Å². The molecule has 0 unspecified atom stereocenters. The van der Waals surface area contributed by atoms with E-state index in [1.807, 2.05) is 11.8 Å². The van der Waals surface area contributed by atoms with Crippen molar-refractivity contribution in [3.05, 3.63) is 14.2 Å². The molecular weight excluding hydrogens is 368 g/mol. The molecule has 1 amide bonds. The number of amides is 1. The van der Waals surface area contributed by atoms with Crippen LogP contribution in [0.25, 0.3) is 0 Å². The van der Waals surface area contributed by atoms with Crippen LogP contribution in [0.4, 0.5) is 0 Å². The van der Waals surface area contributed by atoms with Crippen molar-refractivity contribution < 1.29 is 14.3 Å². The predicted molar refractivity (Wildman–Crippen MR) is 91.9 cm³/mol. The van der Waals surface area contributed by atoms with Gasteiger partial charge in [-0.05, 0) is 48.7 Å². The van der Waals surface area contributed by atoms with Crippen molar-refractivity contribution in [3.8, 4) is 5.75 Å². The van der Waals surface area contributed by atoms with Crippen LogP contribution in [-0.4, -0.2) is 50.3 Å². The molecule has 0 atom stereocenters. The number of ether oxygens (including phenoxy) is 2. The number of methoxy groups -OCH3 is 1. The average molecular weight is 391 g/mol. The molecular formula is C15H23BrN2O3S. The number of carbonyl (C=O) groups is 1. The van der Waals surface area contributed by atoms with Gasteiger partial charge in [0.15, 0.2) is 5.75 Å². The summed E-state index contributed by atoms with van der Waals surface area (Å²) in [7, 11) is 1.60. The first kappa shape index (κ1) is 17.7. The first-order valence-electron chi connectivity index (χ1n) is 7.52. The van der Waals surface area contributed by atoms with Crippen molar-refractivity contribution in [2.75, 3.05) is 33.4 Å². The highest BCUT2D eigenvalue weighted by Gasteiger charge is 2.28. The van der Waals surface area contributed by atoms with Crippen LogP contribution in [0.2, 0.25) is 0 Å². The maximum absolute atomic E-state index is 12.7. The SMILES string of the molecule is COc1c(C(=O)N2CCC(OCCCN)CC2)sc(C)c1Br. The second kappa shape index (κ2) is 8.29. The Kier molecular flexibility index (Phi) is 6.67. The van der Waals surface area contributed by atoms with E-state index in [-0.39, 0.29) is 12.0 Å². The fraction of sp³-hybridized carbons (Fsp3) is 0.667. The molecule has 2 N–H and O–H groups in total. The van der Waals surface area contributed by atoms with Crippen LogP contribution < -0.4 is 10.5 Å². The number of hydrogen-bond donors (Lipinski definition) is 1. The molecule has 1 aliphatic heterocycles. The topological polar surface area (TPSA) is 64.8 Å². The minimum absolute atomic E-state index is 0.0519. The van der Waals surface area contributed by atoms with Gasteiger partial charge in [-0.2, -0.15) is 0 Å². The zero-order valence-electron chi connectivity index (χ0n) is 13.1. The highest BCUT2D eigenvalue weighted by atomic mass is 79.9. The largest absolute Gasteiger partial charge is 0.494 e. The van der Waals surface area contributed by atoms with Crippen molar-refractivity contribution in [3.63, 3.8) is 0 Å². The second-order valence-electron chi connectivity index (χ2n) is 5.34. The van der Waals surface area contributed by atoms with E-state index < -0.39 is 0 Å². The Balaban J connectivity index is 1.94. The maximum atomic E-state index is 12.7. The van der Waals surface area contributed by atoms with E-state index in [2.05, 4.69) is 15.9 Å². The molecule has 0 aromatic carbocycles. The summed E-state index contributed by atoms with van der Waals surface area (Å²) in [4.78, 5) is 16.3. The molecule has 1 fully saturated rings. The zero-order chi connectivity index (χ0) is 16.1. The standard InChI is InChI=1S/C15H23BrN2O3S/c1-10-12(16)13(20-2)14(22-10)15(19)18-7-4-11(5-8-18)21-9-3-6-17/h11H,3-9,17H2,1-2H3. The number of hydrogen-bond acceptors (Lipinski definition) is 5. The number of carbonyl (C=O) groups excluding carboxylic acids is 1. The average Bonchev–Trinajstić information content (AvgIpc) is 2.82. The Morgan fingerprint density at radius 2 is 2.14 bits per heavy atom. The summed E-state index contributed by atoms with van der Waals surface area (Å²) >= 11 is 4.96. The Bertz CT molecular complexity index is 513. The molecule has 2 heterocycles. The number of nitrogens with two attached hydrogens (primary N) is 1. The third kappa shape index (κ3) is 4.01. The van der Waals surface area contributed by atoms with Gasteiger partial charge in [0.2, 0.25) is 0 Å². The van der Waals surface area contributed by atoms with E-state index >= 15 is 0 Å². The number of piperidine rings is 1. The second-order valence-corrected chi connectivity index (χ2v) is 7.36. The van der Waals surface area contributed by atoms with Crippen molar-refractivity contribution in [2.24, 2.45) is 5.73 Å². The van der Waals surface area contributed by atoms with E-state index in [0.29, 0.717) is 23.8 Å². The van der Waals surface area contributed by atoms with Gasteiger partial charge in [-0.25, -0.2) is 0 Å². The fourth-order valence-corrected chi connectivity index (χ4v) is 4.25. The van der Waals surface area contributed by atoms with Crippen molar-refractivity contribution >= 4 is 33.2 Å². The number of rotatable bonds is 6. The van der Waals surface area contributed by atoms with E-state index in [1.165, 1.54) is 11.3 Å². The molecule has 1 aliphatic rings. The van der Waals surface area contributed by atoms with Gasteiger partial charge in [-0.1, -0.05) is 0 Å². The normalized spacial score (nSPS) is 16.1. The Hall–Kier alpha value is -0.630. The lowest BCUT2D eigenvalue weighted by Gasteiger charge is -2.31. The summed E-state index contributed by atoms with van der Waals surface area (Å²) in [5.41, 5.74) is 5.46. The molecule has 124 valence electrons. The number of likely N-dealkylation sites (tertiary alicyclic amines) is 1. The van der Waals surface area contributed by atoms with E-state index in [9.17, 15) is 4.79 Å². The van der Waals surface area contributed by atoms with Gasteiger partial charge in [-0.3, -0.25) is 4.79 Å². The summed E-state index contributed by atoms with van der Waals surface area (Å²) in [5, 5.41) is 0. The van der Waals surface area contributed by atoms with E-state index in [1.54, 1.807) is 7.11 Å². The van der Waals surface area contributed by atoms with Gasteiger partial charge < -0.3 is 20.1 Å². The number of thiophene rings is 1. The van der Waals surface area contributed by atoms with Crippen LogP contribution in [-0.2, 0) is 4.74 Å². The Labute approximate surface area is 143 Å². The Morgan fingerprint density at radius 1 is 1.45 bits per heavy atom. The summed E-state index contributed by atoms with van der Waals surface area (Å²) in [6, 6.07) is 0. The minimum atomic E-state index is 0.0519. The van der Waals surface area contributed by atoms with Crippen LogP contribution in [0.1, 0.15) is 33.8 Å². The van der Waals surface area contributed by atoms with Gasteiger partial charge in [0, 0.05) is 24.6 Å². The molecule has 1 aromatic rings. The van der Waals surface area contributed by atoms with Crippen LogP contribution in [0.3, 0.4) is 0 Å². The van der Waals surface area contributed by atoms with Crippen molar-refractivity contribution in [2.45, 2.75) is 32.3 Å². The lowest BCUT2D eigenvalue weighted by molar-refractivity contribution is 0.00851. The molecule has 22 heavy (non-hydrogen) atoms. The molecule has 0 bridgehead atoms. The fourth-order valence-electron chi connectivity index (χ4n) is 2.53.